The number of hydrogen-bond donors (Lipinski definition) is 2. The summed E-state index contributed by atoms with van der Waals surface area (Å²) in [5, 5.41) is 9.93. The van der Waals surface area contributed by atoms with Crippen LogP contribution in [-0.2, 0) is 0 Å². The lowest BCUT2D eigenvalue weighted by Crippen LogP contribution is -2.42. The van der Waals surface area contributed by atoms with Gasteiger partial charge in [-0.05, 0) is 19.3 Å². The first kappa shape index (κ1) is 10.9. The van der Waals surface area contributed by atoms with Crippen LogP contribution in [0.5, 0.6) is 0 Å². The first-order valence-corrected chi connectivity index (χ1v) is 4.42. The Bertz CT molecular complexity index is 95.7. The molecule has 0 aliphatic heterocycles. The van der Waals surface area contributed by atoms with Crippen molar-refractivity contribution in [2.75, 3.05) is 6.54 Å². The summed E-state index contributed by atoms with van der Waals surface area (Å²) in [6.45, 7) is 6.45. The average molecular weight is 158 g/mol. The van der Waals surface area contributed by atoms with E-state index >= 15 is 0 Å². The van der Waals surface area contributed by atoms with Gasteiger partial charge in [0.25, 0.3) is 0 Å². The maximum Gasteiger partial charge on any atom is 0.0828 e. The molecule has 0 aromatic carbocycles. The van der Waals surface area contributed by atoms with E-state index in [0.29, 0.717) is 6.54 Å². The van der Waals surface area contributed by atoms with Crippen LogP contribution in [0.15, 0.2) is 0 Å². The molecule has 0 aliphatic carbocycles. The zero-order valence-corrected chi connectivity index (χ0v) is 7.85. The fourth-order valence-electron chi connectivity index (χ4n) is 1.45. The minimum atomic E-state index is -0.705. The Morgan fingerprint density at radius 1 is 1.27 bits per heavy atom. The lowest BCUT2D eigenvalue weighted by atomic mass is 9.81. The van der Waals surface area contributed by atoms with Crippen LogP contribution >= 0.6 is 0 Å². The van der Waals surface area contributed by atoms with Gasteiger partial charge < -0.3 is 10.8 Å². The van der Waals surface area contributed by atoms with Gasteiger partial charge in [-0.3, -0.25) is 0 Å². The zero-order valence-electron chi connectivity index (χ0n) is 7.85. The van der Waals surface area contributed by atoms with Crippen molar-refractivity contribution in [1.82, 2.24) is 0 Å². The third-order valence-electron chi connectivity index (χ3n) is 2.43. The highest BCUT2D eigenvalue weighted by molar-refractivity contribution is 5.06. The Hall–Kier alpha value is -0.0800. The van der Waals surface area contributed by atoms with Gasteiger partial charge in [-0.25, -0.2) is 0 Å². The van der Waals surface area contributed by atoms with E-state index in [1.165, 1.54) is 5.92 Å². The third-order valence-corrected chi connectivity index (χ3v) is 2.43. The molecule has 1 radical (unpaired) electrons. The number of rotatable bonds is 5. The molecule has 0 fully saturated rings. The van der Waals surface area contributed by atoms with E-state index in [4.69, 9.17) is 5.73 Å². The summed E-state index contributed by atoms with van der Waals surface area (Å²) in [5.41, 5.74) is 4.79. The second kappa shape index (κ2) is 4.73. The maximum atomic E-state index is 9.93. The van der Waals surface area contributed by atoms with Gasteiger partial charge in [-0.1, -0.05) is 20.8 Å². The first-order chi connectivity index (χ1) is 5.14. The van der Waals surface area contributed by atoms with E-state index in [-0.39, 0.29) is 0 Å². The number of nitrogens with two attached hydrogens (primary N) is 1. The van der Waals surface area contributed by atoms with Gasteiger partial charge in [-0.2, -0.15) is 0 Å². The molecule has 0 rings (SSSR count). The highest BCUT2D eigenvalue weighted by Crippen LogP contribution is 2.28. The summed E-state index contributed by atoms with van der Waals surface area (Å²) in [5.74, 6) is 1.17. The molecule has 1 atom stereocenters. The highest BCUT2D eigenvalue weighted by atomic mass is 16.3. The average Bonchev–Trinajstić information content (AvgIpc) is 2.06. The molecule has 0 heterocycles. The van der Waals surface area contributed by atoms with Crippen LogP contribution in [0.2, 0.25) is 0 Å². The van der Waals surface area contributed by atoms with Gasteiger partial charge in [0.1, 0.15) is 0 Å². The SMILES string of the molecule is CC[C](CC)C(O)(CC)CN. The van der Waals surface area contributed by atoms with E-state index in [1.54, 1.807) is 0 Å². The lowest BCUT2D eigenvalue weighted by molar-refractivity contribution is 0.0522. The predicted octanol–water partition coefficient (Wildman–Crippen LogP) is 1.48. The third kappa shape index (κ3) is 2.46. The molecule has 0 spiro atoms. The first-order valence-electron chi connectivity index (χ1n) is 4.42. The monoisotopic (exact) mass is 158 g/mol. The van der Waals surface area contributed by atoms with E-state index in [1.807, 2.05) is 6.92 Å². The van der Waals surface area contributed by atoms with Crippen LogP contribution in [0.3, 0.4) is 0 Å². The van der Waals surface area contributed by atoms with Gasteiger partial charge >= 0.3 is 0 Å². The molecule has 0 saturated heterocycles. The second-order valence-corrected chi connectivity index (χ2v) is 2.90. The summed E-state index contributed by atoms with van der Waals surface area (Å²) >= 11 is 0. The van der Waals surface area contributed by atoms with Crippen molar-refractivity contribution in [2.45, 2.75) is 45.6 Å². The molecule has 11 heavy (non-hydrogen) atoms. The summed E-state index contributed by atoms with van der Waals surface area (Å²) < 4.78 is 0. The minimum Gasteiger partial charge on any atom is -0.388 e. The molecule has 67 valence electrons. The van der Waals surface area contributed by atoms with Crippen molar-refractivity contribution in [2.24, 2.45) is 5.73 Å². The molecule has 0 aliphatic rings. The van der Waals surface area contributed by atoms with Crippen LogP contribution in [0.25, 0.3) is 0 Å². The molecule has 0 amide bonds. The zero-order chi connectivity index (χ0) is 8.91. The Balaban J connectivity index is 4.19. The Morgan fingerprint density at radius 2 is 1.73 bits per heavy atom. The van der Waals surface area contributed by atoms with Crippen molar-refractivity contribution < 1.29 is 5.11 Å². The molecular weight excluding hydrogens is 138 g/mol. The van der Waals surface area contributed by atoms with E-state index < -0.39 is 5.60 Å². The Labute approximate surface area is 69.8 Å². The molecule has 0 bridgehead atoms. The highest BCUT2D eigenvalue weighted by Gasteiger charge is 2.31. The smallest absolute Gasteiger partial charge is 0.0828 e. The van der Waals surface area contributed by atoms with Crippen LogP contribution in [0.1, 0.15) is 40.0 Å². The van der Waals surface area contributed by atoms with Gasteiger partial charge in [0, 0.05) is 12.5 Å². The van der Waals surface area contributed by atoms with Crippen LogP contribution in [-0.4, -0.2) is 17.3 Å². The summed E-state index contributed by atoms with van der Waals surface area (Å²) in [6, 6.07) is 0. The largest absolute Gasteiger partial charge is 0.388 e. The van der Waals surface area contributed by atoms with Gasteiger partial charge in [0.2, 0.25) is 0 Å². The topological polar surface area (TPSA) is 46.2 Å². The maximum absolute atomic E-state index is 9.93. The van der Waals surface area contributed by atoms with Crippen molar-refractivity contribution in [3.63, 3.8) is 0 Å². The summed E-state index contributed by atoms with van der Waals surface area (Å²) in [7, 11) is 0. The van der Waals surface area contributed by atoms with Crippen molar-refractivity contribution in [3.8, 4) is 0 Å². The van der Waals surface area contributed by atoms with Crippen molar-refractivity contribution in [3.05, 3.63) is 5.92 Å². The molecule has 1 unspecified atom stereocenters. The summed E-state index contributed by atoms with van der Waals surface area (Å²) in [6.07, 6.45) is 2.58. The minimum absolute atomic E-state index is 0.348. The molecule has 2 heteroatoms. The molecular formula is C9H20NO. The molecule has 0 aromatic heterocycles. The number of hydrogen-bond acceptors (Lipinski definition) is 2. The second-order valence-electron chi connectivity index (χ2n) is 2.90. The predicted molar refractivity (Wildman–Crippen MR) is 48.1 cm³/mol. The van der Waals surface area contributed by atoms with Crippen LogP contribution < -0.4 is 5.73 Å². The Kier molecular flexibility index (Phi) is 4.69. The van der Waals surface area contributed by atoms with E-state index in [9.17, 15) is 5.11 Å². The standard InChI is InChI=1S/C9H20NO/c1-4-8(5-2)9(11,6-3)7-10/h11H,4-7,10H2,1-3H3. The Morgan fingerprint density at radius 3 is 1.82 bits per heavy atom. The van der Waals surface area contributed by atoms with E-state index in [0.717, 1.165) is 19.3 Å². The van der Waals surface area contributed by atoms with Crippen molar-refractivity contribution >= 4 is 0 Å². The molecule has 2 nitrogen and oxygen atoms in total. The molecule has 0 saturated carbocycles. The summed E-state index contributed by atoms with van der Waals surface area (Å²) in [4.78, 5) is 0. The van der Waals surface area contributed by atoms with Crippen molar-refractivity contribution in [1.29, 1.82) is 0 Å². The molecule has 0 aromatic rings. The normalized spacial score (nSPS) is 16.9. The van der Waals surface area contributed by atoms with Gasteiger partial charge in [0.05, 0.1) is 5.60 Å². The molecule has 3 N–H and O–H groups in total. The van der Waals surface area contributed by atoms with Gasteiger partial charge in [0.15, 0.2) is 0 Å². The van der Waals surface area contributed by atoms with Gasteiger partial charge in [-0.15, -0.1) is 0 Å². The fraction of sp³-hybridized carbons (Fsp3) is 0.889. The number of aliphatic hydroxyl groups is 1. The van der Waals surface area contributed by atoms with E-state index in [2.05, 4.69) is 13.8 Å². The quantitative estimate of drug-likeness (QED) is 0.636. The van der Waals surface area contributed by atoms with Crippen LogP contribution in [0.4, 0.5) is 0 Å². The lowest BCUT2D eigenvalue weighted by Gasteiger charge is -2.32. The fourth-order valence-corrected chi connectivity index (χ4v) is 1.45. The van der Waals surface area contributed by atoms with Crippen LogP contribution in [0, 0.1) is 5.92 Å².